The predicted molar refractivity (Wildman–Crippen MR) is 136 cm³/mol. The third-order valence-electron chi connectivity index (χ3n) is 7.87. The van der Waals surface area contributed by atoms with Crippen LogP contribution in [-0.2, 0) is 9.59 Å². The van der Waals surface area contributed by atoms with E-state index in [9.17, 15) is 9.59 Å². The number of carbonyl (C=O) groups excluding carboxylic acids is 2. The van der Waals surface area contributed by atoms with Gasteiger partial charge in [-0.25, -0.2) is 0 Å². The molecule has 0 heterocycles. The summed E-state index contributed by atoms with van der Waals surface area (Å²) < 4.78 is 0. The van der Waals surface area contributed by atoms with Gasteiger partial charge < -0.3 is 5.32 Å². The highest BCUT2D eigenvalue weighted by molar-refractivity contribution is 8.13. The minimum Gasteiger partial charge on any atom is -0.325 e. The van der Waals surface area contributed by atoms with Crippen LogP contribution in [0.4, 0.5) is 5.69 Å². The second-order valence-corrected chi connectivity index (χ2v) is 12.8. The summed E-state index contributed by atoms with van der Waals surface area (Å²) in [6, 6.07) is 7.85. The standard InChI is InChI=1S/C28H43NO2S/c1-20(2)16-19-28(17-8-9-18-28)26(31)29-23-10-6-7-11-24(23)32-25(30)21-12-14-22(15-13-21)27(3,4)5/h6-7,10-11,20-22H,8-9,12-19H2,1-5H3,(H,29,31). The summed E-state index contributed by atoms with van der Waals surface area (Å²) in [4.78, 5) is 27.4. The van der Waals surface area contributed by atoms with Crippen molar-refractivity contribution in [3.63, 3.8) is 0 Å². The molecule has 32 heavy (non-hydrogen) atoms. The molecule has 1 N–H and O–H groups in total. The normalized spacial score (nSPS) is 23.3. The van der Waals surface area contributed by atoms with Crippen LogP contribution >= 0.6 is 11.8 Å². The average Bonchev–Trinajstić information content (AvgIpc) is 3.23. The van der Waals surface area contributed by atoms with Gasteiger partial charge >= 0.3 is 0 Å². The Balaban J connectivity index is 1.64. The van der Waals surface area contributed by atoms with Gasteiger partial charge in [0.15, 0.2) is 5.12 Å². The number of benzene rings is 1. The average molecular weight is 458 g/mol. The van der Waals surface area contributed by atoms with Crippen LogP contribution < -0.4 is 5.32 Å². The Morgan fingerprint density at radius 2 is 1.69 bits per heavy atom. The Morgan fingerprint density at radius 1 is 1.06 bits per heavy atom. The molecule has 2 fully saturated rings. The maximum atomic E-state index is 13.4. The van der Waals surface area contributed by atoms with Crippen LogP contribution in [0.25, 0.3) is 0 Å². The molecular weight excluding hydrogens is 414 g/mol. The minimum atomic E-state index is -0.239. The zero-order valence-electron chi connectivity index (χ0n) is 20.8. The maximum Gasteiger partial charge on any atom is 0.230 e. The molecule has 0 atom stereocenters. The molecule has 0 aliphatic heterocycles. The van der Waals surface area contributed by atoms with Crippen LogP contribution in [0.1, 0.15) is 98.8 Å². The summed E-state index contributed by atoms with van der Waals surface area (Å²) in [5, 5.41) is 3.50. The van der Waals surface area contributed by atoms with Gasteiger partial charge in [-0.1, -0.05) is 59.6 Å². The van der Waals surface area contributed by atoms with Crippen molar-refractivity contribution in [3.8, 4) is 0 Å². The number of hydrogen-bond acceptors (Lipinski definition) is 3. The van der Waals surface area contributed by atoms with Crippen molar-refractivity contribution < 1.29 is 9.59 Å². The van der Waals surface area contributed by atoms with Crippen molar-refractivity contribution >= 4 is 28.5 Å². The summed E-state index contributed by atoms with van der Waals surface area (Å²) in [7, 11) is 0. The summed E-state index contributed by atoms with van der Waals surface area (Å²) in [5.41, 5.74) is 0.885. The first kappa shape index (κ1) is 25.3. The van der Waals surface area contributed by atoms with Crippen LogP contribution in [-0.4, -0.2) is 11.0 Å². The lowest BCUT2D eigenvalue weighted by Crippen LogP contribution is -2.34. The van der Waals surface area contributed by atoms with Gasteiger partial charge in [0.05, 0.1) is 5.69 Å². The summed E-state index contributed by atoms with van der Waals surface area (Å²) in [5.74, 6) is 1.60. The Bertz CT molecular complexity index is 781. The number of anilines is 1. The molecule has 3 rings (SSSR count). The molecule has 0 radical (unpaired) electrons. The Morgan fingerprint density at radius 3 is 2.28 bits per heavy atom. The van der Waals surface area contributed by atoms with Crippen molar-refractivity contribution in [2.24, 2.45) is 28.6 Å². The second kappa shape index (κ2) is 10.8. The second-order valence-electron chi connectivity index (χ2n) is 11.7. The Labute approximate surface area is 199 Å². The monoisotopic (exact) mass is 457 g/mol. The van der Waals surface area contributed by atoms with Crippen molar-refractivity contribution in [2.45, 2.75) is 104 Å². The molecule has 2 aliphatic rings. The first-order chi connectivity index (χ1) is 15.1. The molecule has 0 aromatic heterocycles. The molecule has 1 amide bonds. The van der Waals surface area contributed by atoms with Crippen LogP contribution in [0.3, 0.4) is 0 Å². The van der Waals surface area contributed by atoms with Crippen molar-refractivity contribution in [1.29, 1.82) is 0 Å². The first-order valence-corrected chi connectivity index (χ1v) is 13.5. The van der Waals surface area contributed by atoms with Crippen LogP contribution in [0, 0.1) is 28.6 Å². The van der Waals surface area contributed by atoms with Crippen molar-refractivity contribution in [3.05, 3.63) is 24.3 Å². The van der Waals surface area contributed by atoms with E-state index >= 15 is 0 Å². The van der Waals surface area contributed by atoms with E-state index in [-0.39, 0.29) is 22.4 Å². The molecule has 2 aliphatic carbocycles. The molecule has 1 aromatic rings. The fourth-order valence-electron chi connectivity index (χ4n) is 5.51. The molecule has 178 valence electrons. The molecule has 0 spiro atoms. The summed E-state index contributed by atoms with van der Waals surface area (Å²) >= 11 is 1.33. The van der Waals surface area contributed by atoms with Gasteiger partial charge in [0.1, 0.15) is 0 Å². The molecule has 0 bridgehead atoms. The van der Waals surface area contributed by atoms with Gasteiger partial charge in [0, 0.05) is 16.2 Å². The van der Waals surface area contributed by atoms with E-state index in [0.29, 0.717) is 17.3 Å². The van der Waals surface area contributed by atoms with E-state index < -0.39 is 0 Å². The highest BCUT2D eigenvalue weighted by Crippen LogP contribution is 2.45. The zero-order chi connectivity index (χ0) is 23.4. The van der Waals surface area contributed by atoms with Crippen molar-refractivity contribution in [2.75, 3.05) is 5.32 Å². The zero-order valence-corrected chi connectivity index (χ0v) is 21.7. The number of amides is 1. The predicted octanol–water partition coefficient (Wildman–Crippen LogP) is 8.09. The fourth-order valence-corrected chi connectivity index (χ4v) is 6.50. The maximum absolute atomic E-state index is 13.4. The SMILES string of the molecule is CC(C)CCC1(C(=O)Nc2ccccc2SC(=O)C2CCC(C(C)(C)C)CC2)CCCC1. The molecule has 1 aromatic carbocycles. The lowest BCUT2D eigenvalue weighted by molar-refractivity contribution is -0.126. The highest BCUT2D eigenvalue weighted by atomic mass is 32.2. The van der Waals surface area contributed by atoms with Crippen molar-refractivity contribution in [1.82, 2.24) is 0 Å². The van der Waals surface area contributed by atoms with Gasteiger partial charge in [-0.05, 0) is 92.5 Å². The molecular formula is C28H43NO2S. The molecule has 0 unspecified atom stereocenters. The molecule has 2 saturated carbocycles. The van der Waals surface area contributed by atoms with E-state index in [2.05, 4.69) is 39.9 Å². The largest absolute Gasteiger partial charge is 0.325 e. The lowest BCUT2D eigenvalue weighted by Gasteiger charge is -2.36. The first-order valence-electron chi connectivity index (χ1n) is 12.7. The fraction of sp³-hybridized carbons (Fsp3) is 0.714. The van der Waals surface area contributed by atoms with E-state index in [4.69, 9.17) is 0 Å². The number of para-hydroxylation sites is 1. The van der Waals surface area contributed by atoms with Gasteiger partial charge in [-0.15, -0.1) is 0 Å². The smallest absolute Gasteiger partial charge is 0.230 e. The number of hydrogen-bond donors (Lipinski definition) is 1. The van der Waals surface area contributed by atoms with Crippen LogP contribution in [0.15, 0.2) is 29.2 Å². The number of carbonyl (C=O) groups is 2. The highest BCUT2D eigenvalue weighted by Gasteiger charge is 2.41. The lowest BCUT2D eigenvalue weighted by atomic mass is 9.70. The molecule has 0 saturated heterocycles. The van der Waals surface area contributed by atoms with Gasteiger partial charge in [0.2, 0.25) is 5.91 Å². The third kappa shape index (κ3) is 6.40. The number of nitrogens with one attached hydrogen (secondary N) is 1. The van der Waals surface area contributed by atoms with Crippen LogP contribution in [0.2, 0.25) is 0 Å². The van der Waals surface area contributed by atoms with Gasteiger partial charge in [-0.2, -0.15) is 0 Å². The van der Waals surface area contributed by atoms with Gasteiger partial charge in [-0.3, -0.25) is 9.59 Å². The third-order valence-corrected chi connectivity index (χ3v) is 8.98. The van der Waals surface area contributed by atoms with Crippen LogP contribution in [0.5, 0.6) is 0 Å². The molecule has 4 heteroatoms. The Kier molecular flexibility index (Phi) is 8.52. The molecule has 3 nitrogen and oxygen atoms in total. The van der Waals surface area contributed by atoms with Gasteiger partial charge in [0.25, 0.3) is 0 Å². The quantitative estimate of drug-likeness (QED) is 0.421. The minimum absolute atomic E-state index is 0.134. The summed E-state index contributed by atoms with van der Waals surface area (Å²) in [6.45, 7) is 11.4. The van der Waals surface area contributed by atoms with E-state index in [1.807, 2.05) is 24.3 Å². The topological polar surface area (TPSA) is 46.2 Å². The van der Waals surface area contributed by atoms with E-state index in [1.165, 1.54) is 11.8 Å². The number of rotatable bonds is 7. The summed E-state index contributed by atoms with van der Waals surface area (Å²) in [6.07, 6.45) is 10.5. The number of thioether (sulfide) groups is 1. The van der Waals surface area contributed by atoms with E-state index in [0.717, 1.165) is 74.8 Å². The van der Waals surface area contributed by atoms with E-state index in [1.54, 1.807) is 0 Å². The Hall–Kier alpha value is -1.29.